The summed E-state index contributed by atoms with van der Waals surface area (Å²) in [6.07, 6.45) is 5.40. The second-order valence-electron chi connectivity index (χ2n) is 16.9. The minimum absolute atomic E-state index is 0.00804. The first-order valence-corrected chi connectivity index (χ1v) is 18.3. The van der Waals surface area contributed by atoms with E-state index in [4.69, 9.17) is 0 Å². The van der Waals surface area contributed by atoms with Gasteiger partial charge in [-0.05, 0) is 79.7 Å². The Bertz CT molecular complexity index is 1940. The van der Waals surface area contributed by atoms with Crippen LogP contribution in [-0.2, 0) is 36.8 Å². The molecular formula is C46H61N3+2. The maximum Gasteiger partial charge on any atom is 0.272 e. The predicted molar refractivity (Wildman–Crippen MR) is 206 cm³/mol. The summed E-state index contributed by atoms with van der Waals surface area (Å²) in [5.74, 6) is 2.08. The number of rotatable bonds is 9. The molecule has 5 aromatic rings. The van der Waals surface area contributed by atoms with E-state index < -0.39 is 0 Å². The Kier molecular flexibility index (Phi) is 9.92. The Morgan fingerprint density at radius 2 is 1.20 bits per heavy atom. The molecule has 3 nitrogen and oxygen atoms in total. The van der Waals surface area contributed by atoms with Crippen LogP contribution in [0.4, 0.5) is 0 Å². The van der Waals surface area contributed by atoms with Gasteiger partial charge in [0.15, 0.2) is 11.4 Å². The van der Waals surface area contributed by atoms with Gasteiger partial charge < -0.3 is 0 Å². The highest BCUT2D eigenvalue weighted by Crippen LogP contribution is 2.41. The van der Waals surface area contributed by atoms with Crippen molar-refractivity contribution in [1.82, 2.24) is 4.57 Å². The zero-order valence-electron chi connectivity index (χ0n) is 32.9. The standard InChI is InChI=1S/C46H61N3/c1-31(2)37-22-19-23-38(32(3)4)42(37)49-27-26-47(13)43(49)46(12,40-25-18-16-21-34(40)6)30-36-28-35(44(7,8)9)29-41(48(36)14)45(10,11)39-24-17-15-20-33(39)5/h15-29,31-32H,30H2,1-14H3/q+2. The van der Waals surface area contributed by atoms with E-state index in [1.54, 1.807) is 0 Å². The molecule has 0 bridgehead atoms. The fourth-order valence-electron chi connectivity index (χ4n) is 8.28. The molecule has 0 N–H and O–H groups in total. The number of aryl methyl sites for hydroxylation is 3. The van der Waals surface area contributed by atoms with E-state index in [1.807, 2.05) is 0 Å². The zero-order valence-corrected chi connectivity index (χ0v) is 32.9. The van der Waals surface area contributed by atoms with E-state index in [2.05, 4.69) is 202 Å². The molecule has 258 valence electrons. The molecule has 0 spiro atoms. The summed E-state index contributed by atoms with van der Waals surface area (Å²) in [6.45, 7) is 28.1. The molecule has 1 unspecified atom stereocenters. The number of benzene rings is 3. The number of para-hydroxylation sites is 1. The van der Waals surface area contributed by atoms with Gasteiger partial charge in [-0.1, -0.05) is 115 Å². The average molecular weight is 656 g/mol. The first kappa shape index (κ1) is 36.3. The normalized spacial score (nSPS) is 13.7. The molecule has 0 aliphatic carbocycles. The van der Waals surface area contributed by atoms with Crippen molar-refractivity contribution in [2.24, 2.45) is 14.1 Å². The van der Waals surface area contributed by atoms with Crippen LogP contribution in [0.15, 0.2) is 91.3 Å². The molecule has 5 rings (SSSR count). The van der Waals surface area contributed by atoms with Crippen molar-refractivity contribution in [2.75, 3.05) is 0 Å². The summed E-state index contributed by atoms with van der Waals surface area (Å²) in [6, 6.07) is 29.8. The van der Waals surface area contributed by atoms with Crippen molar-refractivity contribution in [2.45, 2.75) is 118 Å². The highest BCUT2D eigenvalue weighted by atomic mass is 15.2. The molecule has 3 aromatic carbocycles. The van der Waals surface area contributed by atoms with Gasteiger partial charge in [0.25, 0.3) is 5.82 Å². The maximum absolute atomic E-state index is 2.53. The number of aromatic nitrogens is 3. The minimum atomic E-state index is -0.361. The van der Waals surface area contributed by atoms with Crippen molar-refractivity contribution in [3.05, 3.63) is 147 Å². The van der Waals surface area contributed by atoms with Crippen molar-refractivity contribution >= 4 is 0 Å². The largest absolute Gasteiger partial charge is 0.272 e. The summed E-state index contributed by atoms with van der Waals surface area (Å²) in [4.78, 5) is 0. The molecule has 0 aliphatic heterocycles. The Balaban J connectivity index is 1.85. The van der Waals surface area contributed by atoms with Gasteiger partial charge in [-0.2, -0.15) is 4.57 Å². The van der Waals surface area contributed by atoms with Crippen LogP contribution in [0, 0.1) is 13.8 Å². The van der Waals surface area contributed by atoms with Crippen LogP contribution in [0.5, 0.6) is 0 Å². The lowest BCUT2D eigenvalue weighted by molar-refractivity contribution is -0.692. The van der Waals surface area contributed by atoms with E-state index in [9.17, 15) is 0 Å². The predicted octanol–water partition coefficient (Wildman–Crippen LogP) is 10.2. The van der Waals surface area contributed by atoms with Gasteiger partial charge in [-0.15, -0.1) is 0 Å². The second-order valence-corrected chi connectivity index (χ2v) is 16.9. The van der Waals surface area contributed by atoms with E-state index in [-0.39, 0.29) is 16.2 Å². The highest BCUT2D eigenvalue weighted by Gasteiger charge is 2.45. The molecule has 0 fully saturated rings. The molecule has 2 heterocycles. The molecule has 49 heavy (non-hydrogen) atoms. The quantitative estimate of drug-likeness (QED) is 0.140. The van der Waals surface area contributed by atoms with Crippen LogP contribution in [0.25, 0.3) is 5.69 Å². The van der Waals surface area contributed by atoms with Crippen molar-refractivity contribution in [3.63, 3.8) is 0 Å². The lowest BCUT2D eigenvalue weighted by atomic mass is 9.73. The number of hydrogen-bond acceptors (Lipinski definition) is 0. The molecular weight excluding hydrogens is 595 g/mol. The van der Waals surface area contributed by atoms with Crippen molar-refractivity contribution in [3.8, 4) is 5.69 Å². The van der Waals surface area contributed by atoms with Crippen LogP contribution >= 0.6 is 0 Å². The molecule has 0 saturated heterocycles. The summed E-state index contributed by atoms with van der Waals surface area (Å²) < 4.78 is 7.41. The molecule has 3 heteroatoms. The first-order chi connectivity index (χ1) is 22.9. The summed E-state index contributed by atoms with van der Waals surface area (Å²) in [5, 5.41) is 0. The van der Waals surface area contributed by atoms with Gasteiger partial charge in [0.1, 0.15) is 30.5 Å². The van der Waals surface area contributed by atoms with E-state index in [0.29, 0.717) is 11.8 Å². The highest BCUT2D eigenvalue weighted by molar-refractivity contribution is 5.53. The third-order valence-corrected chi connectivity index (χ3v) is 11.1. The fourth-order valence-corrected chi connectivity index (χ4v) is 8.28. The Morgan fingerprint density at radius 3 is 1.71 bits per heavy atom. The lowest BCUT2D eigenvalue weighted by Gasteiger charge is -2.31. The monoisotopic (exact) mass is 655 g/mol. The number of nitrogens with zero attached hydrogens (tertiary/aromatic N) is 3. The second kappa shape index (κ2) is 13.4. The summed E-state index contributed by atoms with van der Waals surface area (Å²) in [7, 11) is 4.52. The fraction of sp³-hybridized carbons (Fsp3) is 0.435. The van der Waals surface area contributed by atoms with Crippen LogP contribution in [0.3, 0.4) is 0 Å². The minimum Gasteiger partial charge on any atom is -0.236 e. The molecule has 0 aliphatic rings. The molecule has 1 atom stereocenters. The smallest absolute Gasteiger partial charge is 0.236 e. The Hall–Kier alpha value is -3.98. The topological polar surface area (TPSA) is 12.7 Å². The third-order valence-electron chi connectivity index (χ3n) is 11.1. The maximum atomic E-state index is 2.53. The van der Waals surface area contributed by atoms with E-state index >= 15 is 0 Å². The summed E-state index contributed by atoms with van der Waals surface area (Å²) in [5.41, 5.74) is 13.0. The van der Waals surface area contributed by atoms with Gasteiger partial charge in [0.2, 0.25) is 0 Å². The third kappa shape index (κ3) is 6.66. The number of pyridine rings is 1. The zero-order chi connectivity index (χ0) is 36.1. The van der Waals surface area contributed by atoms with Crippen molar-refractivity contribution < 1.29 is 9.13 Å². The number of imidazole rings is 1. The van der Waals surface area contributed by atoms with Crippen LogP contribution in [0.1, 0.15) is 137 Å². The van der Waals surface area contributed by atoms with Crippen LogP contribution < -0.4 is 9.13 Å². The van der Waals surface area contributed by atoms with Gasteiger partial charge >= 0.3 is 0 Å². The lowest BCUT2D eigenvalue weighted by Crippen LogP contribution is -2.50. The average Bonchev–Trinajstić information content (AvgIpc) is 3.42. The number of hydrogen-bond donors (Lipinski definition) is 0. The Morgan fingerprint density at radius 1 is 0.673 bits per heavy atom. The van der Waals surface area contributed by atoms with Gasteiger partial charge in [-0.3, -0.25) is 0 Å². The van der Waals surface area contributed by atoms with Crippen LogP contribution in [-0.4, -0.2) is 4.57 Å². The van der Waals surface area contributed by atoms with Gasteiger partial charge in [0, 0.05) is 23.3 Å². The van der Waals surface area contributed by atoms with Gasteiger partial charge in [-0.25, -0.2) is 9.13 Å². The Labute approximate surface area is 297 Å². The van der Waals surface area contributed by atoms with E-state index in [1.165, 1.54) is 61.8 Å². The molecule has 2 aromatic heterocycles. The molecule has 0 amide bonds. The molecule has 0 saturated carbocycles. The SMILES string of the molecule is Cc1ccccc1C(C)(C)c1cc(C(C)(C)C)cc(CC(C)(c2ccccc2C)c2n(-c3c(C(C)C)cccc3C(C)C)cc[n+]2C)[n+]1C. The van der Waals surface area contributed by atoms with Crippen molar-refractivity contribution in [1.29, 1.82) is 0 Å². The van der Waals surface area contributed by atoms with Gasteiger partial charge in [0.05, 0.1) is 18.9 Å². The summed E-state index contributed by atoms with van der Waals surface area (Å²) >= 11 is 0. The first-order valence-electron chi connectivity index (χ1n) is 18.3. The molecule has 0 radical (unpaired) electrons. The van der Waals surface area contributed by atoms with Crippen LogP contribution in [0.2, 0.25) is 0 Å². The van der Waals surface area contributed by atoms with E-state index in [0.717, 1.165) is 6.42 Å².